The highest BCUT2D eigenvalue weighted by Crippen LogP contribution is 2.50. The number of aryl methyl sites for hydroxylation is 1. The molecule has 182 valence electrons. The second-order valence-electron chi connectivity index (χ2n) is 9.88. The van der Waals surface area contributed by atoms with Crippen LogP contribution >= 0.6 is 0 Å². The van der Waals surface area contributed by atoms with E-state index in [-0.39, 0.29) is 29.8 Å². The van der Waals surface area contributed by atoms with Crippen molar-refractivity contribution in [3.8, 4) is 16.9 Å². The van der Waals surface area contributed by atoms with Crippen LogP contribution in [0.3, 0.4) is 0 Å². The number of nitrogens with zero attached hydrogens (tertiary/aromatic N) is 3. The summed E-state index contributed by atoms with van der Waals surface area (Å²) >= 11 is 0. The van der Waals surface area contributed by atoms with E-state index in [2.05, 4.69) is 34.9 Å². The molecule has 0 spiro atoms. The summed E-state index contributed by atoms with van der Waals surface area (Å²) in [5.41, 5.74) is 13.5. The molecule has 0 saturated heterocycles. The molecule has 2 bridgehead atoms. The van der Waals surface area contributed by atoms with Crippen molar-refractivity contribution in [2.45, 2.75) is 44.0 Å². The average molecular weight is 487 g/mol. The lowest BCUT2D eigenvalue weighted by Gasteiger charge is -2.24. The van der Waals surface area contributed by atoms with Gasteiger partial charge in [0.05, 0.1) is 23.1 Å². The van der Waals surface area contributed by atoms with Crippen molar-refractivity contribution in [2.24, 2.45) is 5.73 Å². The van der Waals surface area contributed by atoms with E-state index < -0.39 is 6.61 Å². The van der Waals surface area contributed by atoms with Gasteiger partial charge in [0.15, 0.2) is 0 Å². The van der Waals surface area contributed by atoms with Crippen LogP contribution in [0.5, 0.6) is 5.75 Å². The number of amides is 1. The lowest BCUT2D eigenvalue weighted by atomic mass is 9.97. The van der Waals surface area contributed by atoms with Gasteiger partial charge in [0.25, 0.3) is 5.91 Å². The third-order valence-corrected chi connectivity index (χ3v) is 8.01. The molecule has 0 fully saturated rings. The minimum absolute atomic E-state index is 0.0377. The number of nitrogens with two attached hydrogens (primary N) is 1. The molecular weight excluding hydrogens is 462 g/mol. The first-order valence-corrected chi connectivity index (χ1v) is 12.2. The third-order valence-electron chi connectivity index (χ3n) is 8.01. The molecule has 0 unspecified atom stereocenters. The lowest BCUT2D eigenvalue weighted by Crippen LogP contribution is -2.30. The quantitative estimate of drug-likeness (QED) is 0.423. The summed E-state index contributed by atoms with van der Waals surface area (Å²) in [6.45, 7) is -2.98. The fraction of sp³-hybridized carbons (Fsp3) is 0.286. The van der Waals surface area contributed by atoms with Crippen molar-refractivity contribution < 1.29 is 18.3 Å². The molecule has 2 N–H and O–H groups in total. The van der Waals surface area contributed by atoms with Crippen molar-refractivity contribution in [1.82, 2.24) is 14.5 Å². The second kappa shape index (κ2) is 7.61. The minimum Gasteiger partial charge on any atom is -0.434 e. The molecule has 8 heteroatoms. The Labute approximate surface area is 206 Å². The SMILES string of the molecule is CN1C(=O)c2cccc(OC(F)F)c2[C@H]2C[C@@H]1c1nc3ccc(-c4ccc5c(c4)CC[C@@H]5N)cc3n12. The zero-order valence-electron chi connectivity index (χ0n) is 19.6. The van der Waals surface area contributed by atoms with Crippen LogP contribution in [-0.4, -0.2) is 34.0 Å². The van der Waals surface area contributed by atoms with Gasteiger partial charge < -0.3 is 19.9 Å². The maximum absolute atomic E-state index is 13.3. The summed E-state index contributed by atoms with van der Waals surface area (Å²) in [6.07, 6.45) is 2.49. The number of carbonyl (C=O) groups excluding carboxylic acids is 1. The van der Waals surface area contributed by atoms with E-state index in [4.69, 9.17) is 15.5 Å². The average Bonchev–Trinajstić information content (AvgIpc) is 3.52. The number of hydrogen-bond donors (Lipinski definition) is 1. The summed E-state index contributed by atoms with van der Waals surface area (Å²) in [4.78, 5) is 19.8. The van der Waals surface area contributed by atoms with Gasteiger partial charge in [-0.3, -0.25) is 4.79 Å². The number of halogens is 2. The van der Waals surface area contributed by atoms with Crippen LogP contribution in [0.15, 0.2) is 54.6 Å². The van der Waals surface area contributed by atoms with E-state index in [0.29, 0.717) is 17.5 Å². The molecule has 3 aromatic carbocycles. The molecule has 1 aromatic heterocycles. The van der Waals surface area contributed by atoms with Gasteiger partial charge in [-0.15, -0.1) is 0 Å². The summed E-state index contributed by atoms with van der Waals surface area (Å²) < 4.78 is 33.6. The molecule has 2 aliphatic heterocycles. The number of rotatable bonds is 3. The Morgan fingerprint density at radius 2 is 1.89 bits per heavy atom. The first-order chi connectivity index (χ1) is 17.4. The third kappa shape index (κ3) is 2.97. The number of aromatic nitrogens is 2. The Bertz CT molecular complexity index is 1560. The Kier molecular flexibility index (Phi) is 4.54. The lowest BCUT2D eigenvalue weighted by molar-refractivity contribution is -0.0507. The Hall–Kier alpha value is -3.78. The Morgan fingerprint density at radius 1 is 1.08 bits per heavy atom. The van der Waals surface area contributed by atoms with E-state index >= 15 is 0 Å². The van der Waals surface area contributed by atoms with Crippen LogP contribution in [0, 0.1) is 0 Å². The monoisotopic (exact) mass is 486 g/mol. The number of alkyl halides is 2. The van der Waals surface area contributed by atoms with Crippen molar-refractivity contribution in [3.63, 3.8) is 0 Å². The normalized spacial score (nSPS) is 22.1. The molecule has 3 heterocycles. The van der Waals surface area contributed by atoms with Gasteiger partial charge in [-0.1, -0.05) is 30.3 Å². The van der Waals surface area contributed by atoms with Crippen molar-refractivity contribution >= 4 is 16.9 Å². The minimum atomic E-state index is -2.98. The van der Waals surface area contributed by atoms with Crippen molar-refractivity contribution in [1.29, 1.82) is 0 Å². The van der Waals surface area contributed by atoms with Gasteiger partial charge >= 0.3 is 6.61 Å². The highest BCUT2D eigenvalue weighted by Gasteiger charge is 2.45. The van der Waals surface area contributed by atoms with Gasteiger partial charge in [0.1, 0.15) is 11.6 Å². The van der Waals surface area contributed by atoms with Crippen LogP contribution < -0.4 is 10.5 Å². The molecule has 0 radical (unpaired) electrons. The molecular formula is C28H24F2N4O2. The molecule has 4 aromatic rings. The largest absolute Gasteiger partial charge is 0.434 e. The summed E-state index contributed by atoms with van der Waals surface area (Å²) in [5.74, 6) is 0.587. The molecule has 6 nitrogen and oxygen atoms in total. The molecule has 36 heavy (non-hydrogen) atoms. The van der Waals surface area contributed by atoms with Crippen LogP contribution in [0.25, 0.3) is 22.2 Å². The van der Waals surface area contributed by atoms with Crippen molar-refractivity contribution in [3.05, 3.63) is 82.7 Å². The smallest absolute Gasteiger partial charge is 0.387 e. The van der Waals surface area contributed by atoms with E-state index in [1.165, 1.54) is 17.2 Å². The van der Waals surface area contributed by atoms with Gasteiger partial charge in [-0.2, -0.15) is 8.78 Å². The van der Waals surface area contributed by atoms with E-state index in [0.717, 1.165) is 40.8 Å². The standard InChI is InChI=1S/C28H24F2N4O2/c1-33-23-13-22(25-18(27(33)35)3-2-4-24(25)36-28(29)30)34-21-12-15(7-10-20(21)32-26(23)34)14-5-8-17-16(11-14)6-9-19(17)31/h2-5,7-8,10-12,19,22-23,28H,6,9,13,31H2,1H3/t19-,22+,23+/m0/s1. The predicted octanol–water partition coefficient (Wildman–Crippen LogP) is 5.37. The van der Waals surface area contributed by atoms with E-state index in [1.54, 1.807) is 24.1 Å². The van der Waals surface area contributed by atoms with Crippen molar-refractivity contribution in [2.75, 3.05) is 7.05 Å². The topological polar surface area (TPSA) is 73.4 Å². The molecule has 0 saturated carbocycles. The zero-order chi connectivity index (χ0) is 24.7. The number of carbonyl (C=O) groups is 1. The fourth-order valence-electron chi connectivity index (χ4n) is 6.29. The Morgan fingerprint density at radius 3 is 2.72 bits per heavy atom. The van der Waals surface area contributed by atoms with Gasteiger partial charge in [0.2, 0.25) is 0 Å². The molecule has 1 aliphatic carbocycles. The Balaban J connectivity index is 1.42. The zero-order valence-corrected chi connectivity index (χ0v) is 19.6. The maximum Gasteiger partial charge on any atom is 0.387 e. The molecule has 1 amide bonds. The van der Waals surface area contributed by atoms with Crippen LogP contribution in [0.2, 0.25) is 0 Å². The predicted molar refractivity (Wildman–Crippen MR) is 131 cm³/mol. The van der Waals surface area contributed by atoms with Gasteiger partial charge in [0, 0.05) is 30.6 Å². The number of imidazole rings is 1. The second-order valence-corrected chi connectivity index (χ2v) is 9.88. The number of benzene rings is 3. The number of hydrogen-bond acceptors (Lipinski definition) is 4. The van der Waals surface area contributed by atoms with Crippen LogP contribution in [0.4, 0.5) is 8.78 Å². The first kappa shape index (κ1) is 21.5. The fourth-order valence-corrected chi connectivity index (χ4v) is 6.29. The van der Waals surface area contributed by atoms with Gasteiger partial charge in [-0.25, -0.2) is 4.98 Å². The summed E-state index contributed by atoms with van der Waals surface area (Å²) in [7, 11) is 1.75. The van der Waals surface area contributed by atoms with E-state index in [1.807, 2.05) is 6.07 Å². The van der Waals surface area contributed by atoms with Crippen LogP contribution in [-0.2, 0) is 6.42 Å². The number of ether oxygens (including phenoxy) is 1. The number of fused-ring (bicyclic) bond motifs is 10. The highest BCUT2D eigenvalue weighted by atomic mass is 19.3. The van der Waals surface area contributed by atoms with Crippen LogP contribution in [0.1, 0.15) is 63.8 Å². The summed E-state index contributed by atoms with van der Waals surface area (Å²) in [6, 6.07) is 16.9. The molecule has 7 rings (SSSR count). The molecule has 3 aliphatic rings. The van der Waals surface area contributed by atoms with E-state index in [9.17, 15) is 13.6 Å². The first-order valence-electron chi connectivity index (χ1n) is 12.2. The highest BCUT2D eigenvalue weighted by molar-refractivity contribution is 5.98. The molecule has 3 atom stereocenters. The maximum atomic E-state index is 13.3. The summed E-state index contributed by atoms with van der Waals surface area (Å²) in [5, 5.41) is 0. The van der Waals surface area contributed by atoms with Gasteiger partial charge in [-0.05, 0) is 59.4 Å².